The molecule has 0 radical (unpaired) electrons. The van der Waals surface area contributed by atoms with Gasteiger partial charge in [0.25, 0.3) is 0 Å². The van der Waals surface area contributed by atoms with Gasteiger partial charge in [-0.15, -0.1) is 0 Å². The largest absolute Gasteiger partial charge is 0.442 e. The zero-order valence-corrected chi connectivity index (χ0v) is 8.20. The quantitative estimate of drug-likeness (QED) is 0.534. The predicted molar refractivity (Wildman–Crippen MR) is 47.8 cm³/mol. The maximum Gasteiger partial charge on any atom is 0.442 e. The van der Waals surface area contributed by atoms with Crippen molar-refractivity contribution < 1.29 is 18.0 Å². The van der Waals surface area contributed by atoms with E-state index in [0.29, 0.717) is 25.7 Å². The van der Waals surface area contributed by atoms with E-state index in [1.165, 1.54) is 6.08 Å². The molecular formula is C8H10F3NOS. The van der Waals surface area contributed by atoms with Gasteiger partial charge in [-0.2, -0.15) is 13.2 Å². The molecule has 1 aliphatic carbocycles. The van der Waals surface area contributed by atoms with Gasteiger partial charge in [0.1, 0.15) is 0 Å². The SMILES string of the molecule is O=C=NC1CCC(SC(F)(F)F)CC1. The van der Waals surface area contributed by atoms with E-state index in [9.17, 15) is 18.0 Å². The van der Waals surface area contributed by atoms with Gasteiger partial charge in [0.2, 0.25) is 6.08 Å². The molecule has 1 aliphatic rings. The third-order valence-corrected chi connectivity index (χ3v) is 3.25. The van der Waals surface area contributed by atoms with Crippen LogP contribution in [0.1, 0.15) is 25.7 Å². The molecule has 0 aromatic rings. The molecular weight excluding hydrogens is 215 g/mol. The zero-order chi connectivity index (χ0) is 10.6. The molecule has 1 fully saturated rings. The van der Waals surface area contributed by atoms with Crippen LogP contribution in [0.15, 0.2) is 4.99 Å². The van der Waals surface area contributed by atoms with Gasteiger partial charge in [0, 0.05) is 5.25 Å². The van der Waals surface area contributed by atoms with E-state index >= 15 is 0 Å². The molecule has 0 unspecified atom stereocenters. The number of carbonyl (C=O) groups excluding carboxylic acids is 1. The van der Waals surface area contributed by atoms with Gasteiger partial charge < -0.3 is 0 Å². The van der Waals surface area contributed by atoms with Crippen molar-refractivity contribution in [2.24, 2.45) is 4.99 Å². The Morgan fingerprint density at radius 3 is 2.21 bits per heavy atom. The zero-order valence-electron chi connectivity index (χ0n) is 7.38. The molecule has 0 N–H and O–H groups in total. The summed E-state index contributed by atoms with van der Waals surface area (Å²) >= 11 is 0.0576. The Balaban J connectivity index is 2.32. The van der Waals surface area contributed by atoms with E-state index < -0.39 is 5.51 Å². The second-order valence-electron chi connectivity index (χ2n) is 3.21. The Bertz CT molecular complexity index is 229. The summed E-state index contributed by atoms with van der Waals surface area (Å²) in [7, 11) is 0. The minimum Gasteiger partial charge on any atom is -0.211 e. The smallest absolute Gasteiger partial charge is 0.211 e. The fourth-order valence-electron chi connectivity index (χ4n) is 1.56. The highest BCUT2D eigenvalue weighted by atomic mass is 32.2. The minimum absolute atomic E-state index is 0.0576. The number of isocyanates is 1. The van der Waals surface area contributed by atoms with Crippen molar-refractivity contribution in [3.63, 3.8) is 0 Å². The third-order valence-electron chi connectivity index (χ3n) is 2.18. The van der Waals surface area contributed by atoms with Crippen LogP contribution in [0.4, 0.5) is 13.2 Å². The second-order valence-corrected chi connectivity index (χ2v) is 4.58. The molecule has 0 aromatic carbocycles. The Kier molecular flexibility index (Phi) is 4.01. The molecule has 1 saturated carbocycles. The summed E-state index contributed by atoms with van der Waals surface area (Å²) in [6.07, 6.45) is 3.51. The van der Waals surface area contributed by atoms with Crippen molar-refractivity contribution in [3.8, 4) is 0 Å². The number of halogens is 3. The van der Waals surface area contributed by atoms with Crippen LogP contribution in [-0.2, 0) is 4.79 Å². The number of thioether (sulfide) groups is 1. The molecule has 0 saturated heterocycles. The number of aliphatic imine (C=N–C) groups is 1. The van der Waals surface area contributed by atoms with Gasteiger partial charge in [0.05, 0.1) is 6.04 Å². The van der Waals surface area contributed by atoms with Crippen molar-refractivity contribution in [2.45, 2.75) is 42.5 Å². The first-order chi connectivity index (χ1) is 6.51. The van der Waals surface area contributed by atoms with Crippen LogP contribution < -0.4 is 0 Å². The maximum absolute atomic E-state index is 12.0. The van der Waals surface area contributed by atoms with E-state index in [-0.39, 0.29) is 23.1 Å². The molecule has 0 heterocycles. The fraction of sp³-hybridized carbons (Fsp3) is 0.875. The van der Waals surface area contributed by atoms with Crippen LogP contribution in [0.2, 0.25) is 0 Å². The van der Waals surface area contributed by atoms with E-state index in [0.717, 1.165) is 0 Å². The van der Waals surface area contributed by atoms with Crippen LogP contribution in [0.25, 0.3) is 0 Å². The lowest BCUT2D eigenvalue weighted by atomic mass is 9.96. The molecule has 80 valence electrons. The van der Waals surface area contributed by atoms with Crippen molar-refractivity contribution in [3.05, 3.63) is 0 Å². The van der Waals surface area contributed by atoms with E-state index in [1.807, 2.05) is 0 Å². The average Bonchev–Trinajstić information content (AvgIpc) is 2.06. The van der Waals surface area contributed by atoms with Gasteiger partial charge in [-0.25, -0.2) is 9.79 Å². The number of hydrogen-bond donors (Lipinski definition) is 0. The lowest BCUT2D eigenvalue weighted by molar-refractivity contribution is -0.0336. The first-order valence-corrected chi connectivity index (χ1v) is 5.21. The molecule has 0 spiro atoms. The standard InChI is InChI=1S/C8H10F3NOS/c9-8(10,11)14-7-3-1-6(2-4-7)12-5-13/h6-7H,1-4H2. The molecule has 1 rings (SSSR count). The topological polar surface area (TPSA) is 29.4 Å². The van der Waals surface area contributed by atoms with Crippen molar-refractivity contribution in [1.82, 2.24) is 0 Å². The maximum atomic E-state index is 12.0. The fourth-order valence-corrected chi connectivity index (χ4v) is 2.44. The Morgan fingerprint density at radius 2 is 1.79 bits per heavy atom. The monoisotopic (exact) mass is 225 g/mol. The first-order valence-electron chi connectivity index (χ1n) is 4.33. The summed E-state index contributed by atoms with van der Waals surface area (Å²) in [5, 5.41) is -0.367. The van der Waals surface area contributed by atoms with Crippen molar-refractivity contribution in [2.75, 3.05) is 0 Å². The normalized spacial score (nSPS) is 28.2. The highest BCUT2D eigenvalue weighted by Gasteiger charge is 2.34. The highest BCUT2D eigenvalue weighted by Crippen LogP contribution is 2.40. The number of nitrogens with zero attached hydrogens (tertiary/aromatic N) is 1. The van der Waals surface area contributed by atoms with Gasteiger partial charge in [-0.3, -0.25) is 0 Å². The summed E-state index contributed by atoms with van der Waals surface area (Å²) in [5.74, 6) is 0. The molecule has 14 heavy (non-hydrogen) atoms. The average molecular weight is 225 g/mol. The molecule has 0 aromatic heterocycles. The second kappa shape index (κ2) is 4.84. The highest BCUT2D eigenvalue weighted by molar-refractivity contribution is 8.00. The number of rotatable bonds is 2. The van der Waals surface area contributed by atoms with Gasteiger partial charge >= 0.3 is 5.51 Å². The molecule has 0 aliphatic heterocycles. The number of alkyl halides is 3. The Morgan fingerprint density at radius 1 is 1.21 bits per heavy atom. The first kappa shape index (κ1) is 11.6. The van der Waals surface area contributed by atoms with Gasteiger partial charge in [0.15, 0.2) is 0 Å². The van der Waals surface area contributed by atoms with E-state index in [4.69, 9.17) is 0 Å². The number of hydrogen-bond acceptors (Lipinski definition) is 3. The predicted octanol–water partition coefficient (Wildman–Crippen LogP) is 2.89. The molecule has 6 heteroatoms. The molecule has 0 atom stereocenters. The van der Waals surface area contributed by atoms with Crippen LogP contribution in [-0.4, -0.2) is 22.9 Å². The van der Waals surface area contributed by atoms with Crippen LogP contribution in [0.5, 0.6) is 0 Å². The van der Waals surface area contributed by atoms with Crippen LogP contribution >= 0.6 is 11.8 Å². The van der Waals surface area contributed by atoms with Crippen molar-refractivity contribution in [1.29, 1.82) is 0 Å². The van der Waals surface area contributed by atoms with Crippen molar-refractivity contribution >= 4 is 17.8 Å². The van der Waals surface area contributed by atoms with Crippen LogP contribution in [0, 0.1) is 0 Å². The summed E-state index contributed by atoms with van der Waals surface area (Å²) in [6.45, 7) is 0. The Hall–Kier alpha value is -0.480. The van der Waals surface area contributed by atoms with E-state index in [1.54, 1.807) is 0 Å². The minimum atomic E-state index is -4.15. The van der Waals surface area contributed by atoms with E-state index in [2.05, 4.69) is 4.99 Å². The summed E-state index contributed by atoms with van der Waals surface area (Å²) in [4.78, 5) is 13.4. The summed E-state index contributed by atoms with van der Waals surface area (Å²) in [5.41, 5.74) is -4.15. The third kappa shape index (κ3) is 4.15. The lowest BCUT2D eigenvalue weighted by Gasteiger charge is -2.25. The lowest BCUT2D eigenvalue weighted by Crippen LogP contribution is -2.21. The molecule has 2 nitrogen and oxygen atoms in total. The molecule has 0 amide bonds. The Labute approximate surface area is 84.0 Å². The van der Waals surface area contributed by atoms with Gasteiger partial charge in [-0.1, -0.05) is 0 Å². The summed E-state index contributed by atoms with van der Waals surface area (Å²) < 4.78 is 35.9. The van der Waals surface area contributed by atoms with Gasteiger partial charge in [-0.05, 0) is 37.4 Å². The van der Waals surface area contributed by atoms with Crippen LogP contribution in [0.3, 0.4) is 0 Å². The molecule has 0 bridgehead atoms. The summed E-state index contributed by atoms with van der Waals surface area (Å²) in [6, 6.07) is -0.113.